The maximum Gasteiger partial charge on any atom is 0.248 e. The summed E-state index contributed by atoms with van der Waals surface area (Å²) in [5.74, 6) is -0.168. The Bertz CT molecular complexity index is 1560. The van der Waals surface area contributed by atoms with E-state index in [9.17, 15) is 9.18 Å². The van der Waals surface area contributed by atoms with Gasteiger partial charge in [-0.15, -0.1) is 0 Å². The monoisotopic (exact) mass is 451 g/mol. The minimum absolute atomic E-state index is 0.354. The Morgan fingerprint density at radius 2 is 1.79 bits per heavy atom. The molecule has 0 aliphatic carbocycles. The SMILES string of the molecule is COc1cc2occ(-c3ccc4ccccc4c3)c2cc1/C(C)=C/C(=O)Nc1cccc(F)c1. The number of methoxy groups -OCH3 is 1. The Hall–Kier alpha value is -4.38. The van der Waals surface area contributed by atoms with E-state index in [0.717, 1.165) is 27.5 Å². The molecule has 0 atom stereocenters. The molecule has 1 N–H and O–H groups in total. The molecule has 4 nitrogen and oxygen atoms in total. The minimum Gasteiger partial charge on any atom is -0.496 e. The van der Waals surface area contributed by atoms with Crippen LogP contribution >= 0.6 is 0 Å². The Kier molecular flexibility index (Phi) is 5.60. The van der Waals surface area contributed by atoms with Crippen LogP contribution in [0.15, 0.2) is 95.6 Å². The molecule has 0 aliphatic rings. The van der Waals surface area contributed by atoms with E-state index in [1.165, 1.54) is 23.6 Å². The number of carbonyl (C=O) groups is 1. The molecule has 0 fully saturated rings. The number of benzene rings is 4. The van der Waals surface area contributed by atoms with Gasteiger partial charge in [0.05, 0.1) is 13.4 Å². The molecule has 1 amide bonds. The molecular formula is C29H22FNO3. The molecule has 0 bridgehead atoms. The fourth-order valence-corrected chi connectivity index (χ4v) is 4.13. The summed E-state index contributed by atoms with van der Waals surface area (Å²) in [6.07, 6.45) is 3.22. The summed E-state index contributed by atoms with van der Waals surface area (Å²) in [5, 5.41) is 5.93. The van der Waals surface area contributed by atoms with Crippen molar-refractivity contribution in [1.29, 1.82) is 0 Å². The van der Waals surface area contributed by atoms with Crippen LogP contribution in [0.2, 0.25) is 0 Å². The zero-order valence-electron chi connectivity index (χ0n) is 18.8. The predicted octanol–water partition coefficient (Wildman–Crippen LogP) is 7.44. The van der Waals surface area contributed by atoms with Crippen LogP contribution in [0.5, 0.6) is 5.75 Å². The largest absolute Gasteiger partial charge is 0.496 e. The maximum absolute atomic E-state index is 13.4. The lowest BCUT2D eigenvalue weighted by atomic mass is 9.97. The van der Waals surface area contributed by atoms with Gasteiger partial charge in [0, 0.05) is 34.3 Å². The zero-order chi connectivity index (χ0) is 23.7. The third-order valence-electron chi connectivity index (χ3n) is 5.82. The number of anilines is 1. The van der Waals surface area contributed by atoms with Crippen LogP contribution in [0.25, 0.3) is 38.4 Å². The zero-order valence-corrected chi connectivity index (χ0v) is 18.8. The highest BCUT2D eigenvalue weighted by molar-refractivity contribution is 6.05. The van der Waals surface area contributed by atoms with Crippen LogP contribution in [-0.2, 0) is 4.79 Å². The normalized spacial score (nSPS) is 11.7. The van der Waals surface area contributed by atoms with Gasteiger partial charge in [0.1, 0.15) is 17.1 Å². The number of amides is 1. The van der Waals surface area contributed by atoms with Gasteiger partial charge in [-0.1, -0.05) is 42.5 Å². The number of hydrogen-bond acceptors (Lipinski definition) is 3. The number of allylic oxidation sites excluding steroid dienone is 1. The first kappa shape index (κ1) is 21.5. The van der Waals surface area contributed by atoms with Gasteiger partial charge in [-0.05, 0) is 59.2 Å². The molecule has 1 heterocycles. The Morgan fingerprint density at radius 1 is 0.971 bits per heavy atom. The van der Waals surface area contributed by atoms with Crippen molar-refractivity contribution in [2.24, 2.45) is 0 Å². The second kappa shape index (κ2) is 8.87. The predicted molar refractivity (Wildman–Crippen MR) is 134 cm³/mol. The molecule has 0 spiro atoms. The summed E-state index contributed by atoms with van der Waals surface area (Å²) < 4.78 is 24.9. The van der Waals surface area contributed by atoms with Crippen molar-refractivity contribution in [3.05, 3.63) is 103 Å². The van der Waals surface area contributed by atoms with Crippen LogP contribution in [0.3, 0.4) is 0 Å². The molecule has 5 heteroatoms. The van der Waals surface area contributed by atoms with Crippen molar-refractivity contribution >= 4 is 38.9 Å². The quantitative estimate of drug-likeness (QED) is 0.283. The molecule has 1 aromatic heterocycles. The standard InChI is InChI=1S/C29H22FNO3/c1-18(12-29(32)31-23-9-5-8-22(30)14-23)24-15-25-26(17-34-28(25)16-27(24)33-2)21-11-10-19-6-3-4-7-20(19)13-21/h3-17H,1-2H3,(H,31,32)/b18-12+. The molecule has 0 aliphatic heterocycles. The Morgan fingerprint density at radius 3 is 2.59 bits per heavy atom. The molecule has 34 heavy (non-hydrogen) atoms. The van der Waals surface area contributed by atoms with E-state index in [4.69, 9.17) is 9.15 Å². The lowest BCUT2D eigenvalue weighted by Gasteiger charge is -2.10. The van der Waals surface area contributed by atoms with Crippen LogP contribution in [0.4, 0.5) is 10.1 Å². The van der Waals surface area contributed by atoms with Gasteiger partial charge in [0.2, 0.25) is 5.91 Å². The van der Waals surface area contributed by atoms with Crippen molar-refractivity contribution in [3.8, 4) is 16.9 Å². The van der Waals surface area contributed by atoms with E-state index < -0.39 is 5.82 Å². The number of ether oxygens (including phenoxy) is 1. The first-order valence-corrected chi connectivity index (χ1v) is 10.9. The van der Waals surface area contributed by atoms with E-state index in [2.05, 4.69) is 35.6 Å². The molecule has 4 aromatic carbocycles. The van der Waals surface area contributed by atoms with Crippen molar-refractivity contribution < 1.29 is 18.3 Å². The second-order valence-corrected chi connectivity index (χ2v) is 8.09. The highest BCUT2D eigenvalue weighted by Crippen LogP contribution is 2.38. The summed E-state index contributed by atoms with van der Waals surface area (Å²) in [6, 6.07) is 24.1. The van der Waals surface area contributed by atoms with Crippen LogP contribution < -0.4 is 10.1 Å². The second-order valence-electron chi connectivity index (χ2n) is 8.09. The number of furan rings is 1. The molecule has 5 rings (SSSR count). The van der Waals surface area contributed by atoms with E-state index in [1.807, 2.05) is 31.2 Å². The topological polar surface area (TPSA) is 51.5 Å². The van der Waals surface area contributed by atoms with Crippen molar-refractivity contribution in [2.75, 3.05) is 12.4 Å². The number of carbonyl (C=O) groups excluding carboxylic acids is 1. The average Bonchev–Trinajstić information content (AvgIpc) is 3.25. The third-order valence-corrected chi connectivity index (χ3v) is 5.82. The van der Waals surface area contributed by atoms with Crippen LogP contribution in [0, 0.1) is 5.82 Å². The Balaban J connectivity index is 1.53. The minimum atomic E-state index is -0.410. The van der Waals surface area contributed by atoms with E-state index >= 15 is 0 Å². The number of nitrogens with one attached hydrogen (secondary N) is 1. The molecule has 0 saturated heterocycles. The highest BCUT2D eigenvalue weighted by Gasteiger charge is 2.15. The summed E-state index contributed by atoms with van der Waals surface area (Å²) >= 11 is 0. The Labute approximate surface area is 196 Å². The number of rotatable bonds is 5. The first-order valence-electron chi connectivity index (χ1n) is 10.9. The lowest BCUT2D eigenvalue weighted by molar-refractivity contribution is -0.111. The highest BCUT2D eigenvalue weighted by atomic mass is 19.1. The molecular weight excluding hydrogens is 429 g/mol. The average molecular weight is 451 g/mol. The summed E-state index contributed by atoms with van der Waals surface area (Å²) in [7, 11) is 1.58. The molecule has 5 aromatic rings. The maximum atomic E-state index is 13.4. The fraction of sp³-hybridized carbons (Fsp3) is 0.0690. The van der Waals surface area contributed by atoms with Crippen LogP contribution in [0.1, 0.15) is 12.5 Å². The van der Waals surface area contributed by atoms with Crippen molar-refractivity contribution in [3.63, 3.8) is 0 Å². The number of halogens is 1. The molecule has 0 unspecified atom stereocenters. The summed E-state index contributed by atoms with van der Waals surface area (Å²) in [5.41, 5.74) is 4.57. The van der Waals surface area contributed by atoms with Crippen molar-refractivity contribution in [2.45, 2.75) is 6.92 Å². The number of hydrogen-bond donors (Lipinski definition) is 1. The van der Waals surface area contributed by atoms with Gasteiger partial charge < -0.3 is 14.5 Å². The summed E-state index contributed by atoms with van der Waals surface area (Å²) in [6.45, 7) is 1.84. The van der Waals surface area contributed by atoms with Crippen LogP contribution in [-0.4, -0.2) is 13.0 Å². The van der Waals surface area contributed by atoms with Gasteiger partial charge in [-0.2, -0.15) is 0 Å². The molecule has 168 valence electrons. The number of fused-ring (bicyclic) bond motifs is 2. The fourth-order valence-electron chi connectivity index (χ4n) is 4.13. The lowest BCUT2D eigenvalue weighted by Crippen LogP contribution is -2.08. The first-order chi connectivity index (χ1) is 16.5. The van der Waals surface area contributed by atoms with E-state index in [-0.39, 0.29) is 5.91 Å². The van der Waals surface area contributed by atoms with Crippen molar-refractivity contribution in [1.82, 2.24) is 0 Å². The van der Waals surface area contributed by atoms with Gasteiger partial charge in [0.15, 0.2) is 0 Å². The van der Waals surface area contributed by atoms with Gasteiger partial charge >= 0.3 is 0 Å². The van der Waals surface area contributed by atoms with E-state index in [0.29, 0.717) is 22.6 Å². The summed E-state index contributed by atoms with van der Waals surface area (Å²) in [4.78, 5) is 12.6. The molecule has 0 radical (unpaired) electrons. The third kappa shape index (κ3) is 4.16. The molecule has 0 saturated carbocycles. The van der Waals surface area contributed by atoms with E-state index in [1.54, 1.807) is 25.5 Å². The smallest absolute Gasteiger partial charge is 0.248 e. The van der Waals surface area contributed by atoms with Gasteiger partial charge in [-0.3, -0.25) is 4.79 Å². The van der Waals surface area contributed by atoms with Gasteiger partial charge in [0.25, 0.3) is 0 Å². The van der Waals surface area contributed by atoms with Gasteiger partial charge in [-0.25, -0.2) is 4.39 Å².